The molecule has 0 saturated heterocycles. The van der Waals surface area contributed by atoms with Crippen LogP contribution in [0.25, 0.3) is 0 Å². The van der Waals surface area contributed by atoms with E-state index in [1.807, 2.05) is 0 Å². The highest BCUT2D eigenvalue weighted by Crippen LogP contribution is 2.46. The molecule has 1 aromatic heterocycles. The first-order valence-corrected chi connectivity index (χ1v) is 6.15. The molecule has 0 bridgehead atoms. The van der Waals surface area contributed by atoms with Crippen LogP contribution in [-0.2, 0) is 19.1 Å². The third-order valence-electron chi connectivity index (χ3n) is 3.05. The van der Waals surface area contributed by atoms with E-state index in [0.29, 0.717) is 0 Å². The lowest BCUT2D eigenvalue weighted by Gasteiger charge is -2.28. The van der Waals surface area contributed by atoms with E-state index >= 15 is 0 Å². The van der Waals surface area contributed by atoms with E-state index in [1.165, 1.54) is 0 Å². The van der Waals surface area contributed by atoms with Gasteiger partial charge < -0.3 is 5.11 Å². The molecule has 0 radical (unpaired) electrons. The fourth-order valence-electron chi connectivity index (χ4n) is 2.18. The highest BCUT2D eigenvalue weighted by Gasteiger charge is 2.51. The standard InChI is InChI=1S/C10H11F5N2OS/c11-9(12)2-1-5-6(8(9)18)7(10(13,14)15)16-17(5)3-4-19/h8,18-19H,1-4H2. The van der Waals surface area contributed by atoms with E-state index < -0.39 is 35.9 Å². The van der Waals surface area contributed by atoms with Crippen LogP contribution in [0.15, 0.2) is 0 Å². The fraction of sp³-hybridized carbons (Fsp3) is 0.700. The van der Waals surface area contributed by atoms with Crippen molar-refractivity contribution < 1.29 is 27.1 Å². The molecule has 108 valence electrons. The van der Waals surface area contributed by atoms with Gasteiger partial charge in [0.15, 0.2) is 5.69 Å². The number of aliphatic hydroxyl groups excluding tert-OH is 1. The maximum Gasteiger partial charge on any atom is 0.435 e. The Bertz CT molecular complexity index is 485. The van der Waals surface area contributed by atoms with Gasteiger partial charge in [0.2, 0.25) is 0 Å². The Balaban J connectivity index is 2.59. The Morgan fingerprint density at radius 3 is 2.58 bits per heavy atom. The summed E-state index contributed by atoms with van der Waals surface area (Å²) < 4.78 is 66.2. The molecule has 1 N–H and O–H groups in total. The molecule has 1 heterocycles. The number of fused-ring (bicyclic) bond motifs is 1. The van der Waals surface area contributed by atoms with E-state index in [9.17, 15) is 27.1 Å². The van der Waals surface area contributed by atoms with Crippen molar-refractivity contribution >= 4 is 12.6 Å². The highest BCUT2D eigenvalue weighted by molar-refractivity contribution is 7.80. The number of rotatable bonds is 2. The van der Waals surface area contributed by atoms with Gasteiger partial charge in [0, 0.05) is 23.4 Å². The molecular formula is C10H11F5N2OS. The lowest BCUT2D eigenvalue weighted by Crippen LogP contribution is -2.33. The Labute approximate surface area is 110 Å². The number of halogens is 5. The molecule has 1 aromatic rings. The molecule has 1 atom stereocenters. The van der Waals surface area contributed by atoms with Gasteiger partial charge >= 0.3 is 6.18 Å². The SMILES string of the molecule is OC1c2c(C(F)(F)F)nn(CCS)c2CCC1(F)F. The van der Waals surface area contributed by atoms with Gasteiger partial charge in [-0.25, -0.2) is 8.78 Å². The zero-order valence-electron chi connectivity index (χ0n) is 9.58. The smallest absolute Gasteiger partial charge is 0.382 e. The van der Waals surface area contributed by atoms with Crippen molar-refractivity contribution in [1.82, 2.24) is 9.78 Å². The van der Waals surface area contributed by atoms with Crippen molar-refractivity contribution in [1.29, 1.82) is 0 Å². The van der Waals surface area contributed by atoms with Crippen LogP contribution in [0.5, 0.6) is 0 Å². The molecule has 3 nitrogen and oxygen atoms in total. The summed E-state index contributed by atoms with van der Waals surface area (Å²) in [5.41, 5.74) is -2.22. The Morgan fingerprint density at radius 2 is 2.05 bits per heavy atom. The first-order chi connectivity index (χ1) is 8.68. The topological polar surface area (TPSA) is 38.1 Å². The molecule has 0 amide bonds. The van der Waals surface area contributed by atoms with Crippen molar-refractivity contribution in [3.63, 3.8) is 0 Å². The largest absolute Gasteiger partial charge is 0.435 e. The second kappa shape index (κ2) is 4.62. The van der Waals surface area contributed by atoms with Crippen molar-refractivity contribution in [2.24, 2.45) is 0 Å². The monoisotopic (exact) mass is 302 g/mol. The normalized spacial score (nSPS) is 22.4. The maximum atomic E-state index is 13.4. The van der Waals surface area contributed by atoms with Crippen LogP contribution in [0.3, 0.4) is 0 Å². The van der Waals surface area contributed by atoms with E-state index in [4.69, 9.17) is 0 Å². The van der Waals surface area contributed by atoms with Gasteiger partial charge in [-0.05, 0) is 6.42 Å². The van der Waals surface area contributed by atoms with E-state index in [2.05, 4.69) is 17.7 Å². The van der Waals surface area contributed by atoms with Gasteiger partial charge in [0.25, 0.3) is 5.92 Å². The number of nitrogens with zero attached hydrogens (tertiary/aromatic N) is 2. The molecule has 0 spiro atoms. The second-order valence-electron chi connectivity index (χ2n) is 4.32. The van der Waals surface area contributed by atoms with Gasteiger partial charge in [-0.1, -0.05) is 0 Å². The minimum atomic E-state index is -4.87. The number of alkyl halides is 5. The van der Waals surface area contributed by atoms with Gasteiger partial charge in [-0.2, -0.15) is 30.9 Å². The van der Waals surface area contributed by atoms with E-state index in [1.54, 1.807) is 0 Å². The molecule has 0 fully saturated rings. The van der Waals surface area contributed by atoms with Crippen LogP contribution in [0, 0.1) is 0 Å². The molecule has 1 aliphatic carbocycles. The maximum absolute atomic E-state index is 13.4. The summed E-state index contributed by atoms with van der Waals surface area (Å²) in [4.78, 5) is 0. The molecule has 19 heavy (non-hydrogen) atoms. The molecule has 0 saturated carbocycles. The number of aryl methyl sites for hydroxylation is 1. The summed E-state index contributed by atoms with van der Waals surface area (Å²) in [6.07, 6.45) is -8.30. The quantitative estimate of drug-likeness (QED) is 0.650. The van der Waals surface area contributed by atoms with Gasteiger partial charge in [-0.15, -0.1) is 0 Å². The Morgan fingerprint density at radius 1 is 1.42 bits per heavy atom. The van der Waals surface area contributed by atoms with Crippen molar-refractivity contribution in [2.75, 3.05) is 5.75 Å². The molecule has 0 aromatic carbocycles. The van der Waals surface area contributed by atoms with E-state index in [-0.39, 0.29) is 24.4 Å². The molecule has 2 rings (SSSR count). The Kier molecular flexibility index (Phi) is 3.54. The summed E-state index contributed by atoms with van der Waals surface area (Å²) in [6.45, 7) is 0.0693. The van der Waals surface area contributed by atoms with Crippen LogP contribution in [0.4, 0.5) is 22.0 Å². The molecule has 9 heteroatoms. The third-order valence-corrected chi connectivity index (χ3v) is 3.25. The predicted molar refractivity (Wildman–Crippen MR) is 59.3 cm³/mol. The summed E-state index contributed by atoms with van der Waals surface area (Å²) in [5.74, 6) is -3.35. The first-order valence-electron chi connectivity index (χ1n) is 5.52. The zero-order valence-corrected chi connectivity index (χ0v) is 10.5. The first kappa shape index (κ1) is 14.6. The lowest BCUT2D eigenvalue weighted by molar-refractivity contribution is -0.150. The van der Waals surface area contributed by atoms with Crippen molar-refractivity contribution in [3.8, 4) is 0 Å². The number of hydrogen-bond acceptors (Lipinski definition) is 3. The number of aliphatic hydroxyl groups is 1. The molecule has 1 unspecified atom stereocenters. The van der Waals surface area contributed by atoms with Crippen LogP contribution < -0.4 is 0 Å². The van der Waals surface area contributed by atoms with Gasteiger partial charge in [0.05, 0.1) is 6.54 Å². The molecule has 1 aliphatic rings. The minimum Gasteiger partial charge on any atom is -0.382 e. The number of hydrogen-bond donors (Lipinski definition) is 2. The van der Waals surface area contributed by atoms with Gasteiger partial charge in [-0.3, -0.25) is 4.68 Å². The summed E-state index contributed by atoms with van der Waals surface area (Å²) >= 11 is 3.89. The summed E-state index contributed by atoms with van der Waals surface area (Å²) in [5, 5.41) is 12.8. The average molecular weight is 302 g/mol. The number of aromatic nitrogens is 2. The highest BCUT2D eigenvalue weighted by atomic mass is 32.1. The Hall–Kier alpha value is -0.830. The minimum absolute atomic E-state index is 0.0137. The zero-order chi connectivity index (χ0) is 14.4. The van der Waals surface area contributed by atoms with Crippen LogP contribution in [-0.4, -0.2) is 26.6 Å². The van der Waals surface area contributed by atoms with E-state index in [0.717, 1.165) is 4.68 Å². The van der Waals surface area contributed by atoms with Crippen LogP contribution in [0.2, 0.25) is 0 Å². The van der Waals surface area contributed by atoms with Crippen LogP contribution >= 0.6 is 12.6 Å². The van der Waals surface area contributed by atoms with Crippen molar-refractivity contribution in [3.05, 3.63) is 17.0 Å². The van der Waals surface area contributed by atoms with Crippen LogP contribution in [0.1, 0.15) is 29.5 Å². The number of thiol groups is 1. The molecular weight excluding hydrogens is 291 g/mol. The average Bonchev–Trinajstić information content (AvgIpc) is 2.64. The fourth-order valence-corrected chi connectivity index (χ4v) is 2.37. The molecule has 0 aliphatic heterocycles. The lowest BCUT2D eigenvalue weighted by atomic mass is 9.89. The second-order valence-corrected chi connectivity index (χ2v) is 4.76. The van der Waals surface area contributed by atoms with Crippen molar-refractivity contribution in [2.45, 2.75) is 37.6 Å². The third kappa shape index (κ3) is 2.45. The van der Waals surface area contributed by atoms with Gasteiger partial charge in [0.1, 0.15) is 6.10 Å². The summed E-state index contributed by atoms with van der Waals surface area (Å²) in [6, 6.07) is 0. The summed E-state index contributed by atoms with van der Waals surface area (Å²) in [7, 11) is 0. The predicted octanol–water partition coefficient (Wildman–Crippen LogP) is 2.45.